The molecular formula is C19H18ClF2N7OS2. The van der Waals surface area contributed by atoms with Gasteiger partial charge < -0.3 is 4.42 Å². The van der Waals surface area contributed by atoms with Crippen LogP contribution in [0.15, 0.2) is 45.3 Å². The van der Waals surface area contributed by atoms with Crippen LogP contribution in [0, 0.1) is 0 Å². The standard InChI is InChI=1S/C19H18ClF2N7OS2/c1-3-12(32-18-23-16(24-26-18)10-5-4-6-11(20)7-10)9-31-19-27-25-17(30-19)13-8-29(2)28-14(13)15(21)22/h4-8,12,15H,3,9H2,1-2H3,(H,23,24,26). The van der Waals surface area contributed by atoms with Gasteiger partial charge in [0.2, 0.25) is 5.16 Å². The summed E-state index contributed by atoms with van der Waals surface area (Å²) in [5.74, 6) is 1.32. The van der Waals surface area contributed by atoms with E-state index in [2.05, 4.69) is 37.4 Å². The number of H-pyrrole nitrogens is 1. The smallest absolute Gasteiger partial charge is 0.282 e. The molecular weight excluding hydrogens is 480 g/mol. The monoisotopic (exact) mass is 497 g/mol. The van der Waals surface area contributed by atoms with Gasteiger partial charge in [0.25, 0.3) is 17.5 Å². The number of benzene rings is 1. The summed E-state index contributed by atoms with van der Waals surface area (Å²) < 4.78 is 33.2. The van der Waals surface area contributed by atoms with Gasteiger partial charge in [-0.05, 0) is 18.6 Å². The molecule has 0 spiro atoms. The molecule has 3 heterocycles. The first-order valence-corrected chi connectivity index (χ1v) is 11.8. The second-order valence-electron chi connectivity index (χ2n) is 6.71. The third kappa shape index (κ3) is 5.30. The Bertz CT molecular complexity index is 1200. The molecule has 8 nitrogen and oxygen atoms in total. The molecule has 0 aliphatic heterocycles. The molecule has 13 heteroatoms. The van der Waals surface area contributed by atoms with Crippen molar-refractivity contribution < 1.29 is 13.2 Å². The number of rotatable bonds is 9. The van der Waals surface area contributed by atoms with Gasteiger partial charge in [-0.2, -0.15) is 5.10 Å². The van der Waals surface area contributed by atoms with E-state index in [1.807, 2.05) is 18.2 Å². The first-order valence-electron chi connectivity index (χ1n) is 9.56. The van der Waals surface area contributed by atoms with Gasteiger partial charge >= 0.3 is 0 Å². The van der Waals surface area contributed by atoms with Crippen molar-refractivity contribution in [2.45, 2.75) is 35.4 Å². The molecule has 0 saturated heterocycles. The Morgan fingerprint density at radius 2 is 2.12 bits per heavy atom. The van der Waals surface area contributed by atoms with E-state index in [1.54, 1.807) is 13.1 Å². The molecule has 0 bridgehead atoms. The molecule has 0 fully saturated rings. The van der Waals surface area contributed by atoms with Crippen LogP contribution in [-0.4, -0.2) is 46.2 Å². The van der Waals surface area contributed by atoms with Crippen LogP contribution in [0.5, 0.6) is 0 Å². The number of halogens is 3. The third-order valence-electron chi connectivity index (χ3n) is 4.38. The molecule has 0 aliphatic carbocycles. The van der Waals surface area contributed by atoms with Gasteiger partial charge in [0.15, 0.2) is 5.82 Å². The minimum atomic E-state index is -2.73. The Morgan fingerprint density at radius 3 is 2.88 bits per heavy atom. The maximum Gasteiger partial charge on any atom is 0.282 e. The van der Waals surface area contributed by atoms with E-state index in [1.165, 1.54) is 34.4 Å². The predicted octanol–water partition coefficient (Wildman–Crippen LogP) is 5.51. The number of thioether (sulfide) groups is 2. The summed E-state index contributed by atoms with van der Waals surface area (Å²) in [5.41, 5.74) is 0.614. The molecule has 1 N–H and O–H groups in total. The average Bonchev–Trinajstić information content (AvgIpc) is 3.50. The second kappa shape index (κ2) is 10.0. The van der Waals surface area contributed by atoms with Crippen molar-refractivity contribution in [3.63, 3.8) is 0 Å². The zero-order valence-electron chi connectivity index (χ0n) is 17.0. The Balaban J connectivity index is 1.39. The normalized spacial score (nSPS) is 12.6. The lowest BCUT2D eigenvalue weighted by molar-refractivity contribution is 0.145. The van der Waals surface area contributed by atoms with Crippen LogP contribution < -0.4 is 0 Å². The van der Waals surface area contributed by atoms with Crippen molar-refractivity contribution in [2.75, 3.05) is 5.75 Å². The van der Waals surface area contributed by atoms with Crippen LogP contribution in [0.4, 0.5) is 8.78 Å². The first kappa shape index (κ1) is 22.7. The number of alkyl halides is 2. The molecule has 4 rings (SSSR count). The highest BCUT2D eigenvalue weighted by molar-refractivity contribution is 8.03. The van der Waals surface area contributed by atoms with Crippen LogP contribution in [0.3, 0.4) is 0 Å². The van der Waals surface area contributed by atoms with E-state index in [-0.39, 0.29) is 22.4 Å². The molecule has 1 aromatic carbocycles. The van der Waals surface area contributed by atoms with Gasteiger partial charge in [-0.1, -0.05) is 54.2 Å². The number of aromatic amines is 1. The van der Waals surface area contributed by atoms with Gasteiger partial charge in [-0.3, -0.25) is 9.78 Å². The van der Waals surface area contributed by atoms with Gasteiger partial charge in [0.1, 0.15) is 5.69 Å². The highest BCUT2D eigenvalue weighted by Crippen LogP contribution is 2.33. The average molecular weight is 498 g/mol. The molecule has 168 valence electrons. The molecule has 32 heavy (non-hydrogen) atoms. The summed E-state index contributed by atoms with van der Waals surface area (Å²) in [5, 5.41) is 20.6. The molecule has 0 radical (unpaired) electrons. The number of nitrogens with one attached hydrogen (secondary N) is 1. The van der Waals surface area contributed by atoms with Crippen LogP contribution in [0.25, 0.3) is 22.8 Å². The number of nitrogens with zero attached hydrogens (tertiary/aromatic N) is 6. The van der Waals surface area contributed by atoms with E-state index in [9.17, 15) is 8.78 Å². The van der Waals surface area contributed by atoms with E-state index in [0.29, 0.717) is 27.0 Å². The summed E-state index contributed by atoms with van der Waals surface area (Å²) in [6, 6.07) is 7.38. The highest BCUT2D eigenvalue weighted by atomic mass is 35.5. The molecule has 0 aliphatic rings. The molecule has 0 amide bonds. The maximum absolute atomic E-state index is 13.2. The SMILES string of the molecule is CCC(CSc1nnc(-c2cn(C)nc2C(F)F)o1)Sc1n[nH]c(-c2cccc(Cl)c2)n1. The predicted molar refractivity (Wildman–Crippen MR) is 119 cm³/mol. The van der Waals surface area contributed by atoms with Gasteiger partial charge in [-0.15, -0.1) is 15.3 Å². The van der Waals surface area contributed by atoms with Crippen molar-refractivity contribution in [3.8, 4) is 22.8 Å². The number of aryl methyl sites for hydroxylation is 1. The Morgan fingerprint density at radius 1 is 1.28 bits per heavy atom. The minimum absolute atomic E-state index is 0.0248. The van der Waals surface area contributed by atoms with Crippen molar-refractivity contribution in [3.05, 3.63) is 41.2 Å². The summed E-state index contributed by atoms with van der Waals surface area (Å²) >= 11 is 8.93. The molecule has 3 aromatic heterocycles. The Labute approximate surface area is 195 Å². The lowest BCUT2D eigenvalue weighted by atomic mass is 10.2. The molecule has 1 unspecified atom stereocenters. The summed E-state index contributed by atoms with van der Waals surface area (Å²) in [6.45, 7) is 2.06. The quantitative estimate of drug-likeness (QED) is 0.302. The minimum Gasteiger partial charge on any atom is -0.411 e. The highest BCUT2D eigenvalue weighted by Gasteiger charge is 2.23. The topological polar surface area (TPSA) is 98.3 Å². The fourth-order valence-corrected chi connectivity index (χ4v) is 5.00. The number of hydrogen-bond donors (Lipinski definition) is 1. The van der Waals surface area contributed by atoms with Crippen molar-refractivity contribution in [1.29, 1.82) is 0 Å². The first-order chi connectivity index (χ1) is 15.4. The fraction of sp³-hybridized carbons (Fsp3) is 0.316. The lowest BCUT2D eigenvalue weighted by Gasteiger charge is -2.09. The Hall–Kier alpha value is -2.44. The summed E-state index contributed by atoms with van der Waals surface area (Å²) in [7, 11) is 1.56. The van der Waals surface area contributed by atoms with E-state index < -0.39 is 6.43 Å². The van der Waals surface area contributed by atoms with Crippen molar-refractivity contribution in [2.24, 2.45) is 7.05 Å². The Kier molecular flexibility index (Phi) is 7.11. The maximum atomic E-state index is 13.2. The largest absolute Gasteiger partial charge is 0.411 e. The molecule has 0 saturated carbocycles. The van der Waals surface area contributed by atoms with Gasteiger partial charge in [0.05, 0.1) is 5.56 Å². The van der Waals surface area contributed by atoms with E-state index in [0.717, 1.165) is 12.0 Å². The van der Waals surface area contributed by atoms with Crippen LogP contribution in [0.1, 0.15) is 25.5 Å². The summed E-state index contributed by atoms with van der Waals surface area (Å²) in [4.78, 5) is 4.53. The van der Waals surface area contributed by atoms with Crippen LogP contribution in [-0.2, 0) is 7.05 Å². The van der Waals surface area contributed by atoms with Crippen LogP contribution >= 0.6 is 35.1 Å². The zero-order chi connectivity index (χ0) is 22.7. The zero-order valence-corrected chi connectivity index (χ0v) is 19.4. The molecule has 4 aromatic rings. The third-order valence-corrected chi connectivity index (χ3v) is 7.04. The van der Waals surface area contributed by atoms with E-state index >= 15 is 0 Å². The lowest BCUT2D eigenvalue weighted by Crippen LogP contribution is -2.04. The fourth-order valence-electron chi connectivity index (χ4n) is 2.82. The van der Waals surface area contributed by atoms with Gasteiger partial charge in [0, 0.05) is 34.8 Å². The van der Waals surface area contributed by atoms with Crippen LogP contribution in [0.2, 0.25) is 5.02 Å². The number of aromatic nitrogens is 7. The van der Waals surface area contributed by atoms with Crippen molar-refractivity contribution in [1.82, 2.24) is 35.2 Å². The van der Waals surface area contributed by atoms with Crippen molar-refractivity contribution >= 4 is 35.1 Å². The summed E-state index contributed by atoms with van der Waals surface area (Å²) in [6.07, 6.45) is -0.430. The molecule has 1 atom stereocenters. The van der Waals surface area contributed by atoms with Gasteiger partial charge in [-0.25, -0.2) is 13.8 Å². The van der Waals surface area contributed by atoms with E-state index in [4.69, 9.17) is 16.0 Å². The second-order valence-corrected chi connectivity index (χ2v) is 9.39. The number of hydrogen-bond acceptors (Lipinski definition) is 8.